The number of fused-ring (bicyclic) bond motifs is 2. The van der Waals surface area contributed by atoms with Gasteiger partial charge in [0.05, 0.1) is 11.8 Å². The van der Waals surface area contributed by atoms with Crippen LogP contribution in [-0.2, 0) is 7.05 Å². The molecule has 70 valence electrons. The third-order valence-corrected chi connectivity index (χ3v) is 2.65. The molecule has 0 aliphatic heterocycles. The molecule has 2 N–H and O–H groups in total. The molecule has 14 heavy (non-hydrogen) atoms. The Kier molecular flexibility index (Phi) is 1.24. The lowest BCUT2D eigenvalue weighted by molar-refractivity contribution is 0.616. The Morgan fingerprint density at radius 3 is 2.93 bits per heavy atom. The van der Waals surface area contributed by atoms with Crippen molar-refractivity contribution in [1.82, 2.24) is 4.57 Å². The van der Waals surface area contributed by atoms with E-state index >= 15 is 0 Å². The van der Waals surface area contributed by atoms with Crippen molar-refractivity contribution in [2.45, 2.75) is 0 Å². The fourth-order valence-electron chi connectivity index (χ4n) is 1.81. The van der Waals surface area contributed by atoms with Gasteiger partial charge in [-0.15, -0.1) is 0 Å². The van der Waals surface area contributed by atoms with Crippen molar-refractivity contribution in [2.24, 2.45) is 7.05 Å². The lowest BCUT2D eigenvalue weighted by atomic mass is 10.2. The molecule has 3 rings (SSSR count). The standard InChI is InChI=1S/C11H10N2O/c1-13-9-4-7-2-3-14-10(7)5-8(9)6-11(13)12/h2-6H,12H2,1H3. The Hall–Kier alpha value is -1.90. The van der Waals surface area contributed by atoms with Crippen LogP contribution in [0.2, 0.25) is 0 Å². The first-order valence-electron chi connectivity index (χ1n) is 4.48. The highest BCUT2D eigenvalue weighted by Gasteiger charge is 2.05. The maximum Gasteiger partial charge on any atom is 0.134 e. The van der Waals surface area contributed by atoms with E-state index in [-0.39, 0.29) is 0 Å². The number of aromatic nitrogens is 1. The number of furan rings is 1. The minimum absolute atomic E-state index is 0.771. The molecule has 0 radical (unpaired) electrons. The van der Waals surface area contributed by atoms with Crippen molar-refractivity contribution in [1.29, 1.82) is 0 Å². The molecule has 2 heterocycles. The Balaban J connectivity index is 2.56. The van der Waals surface area contributed by atoms with Gasteiger partial charge >= 0.3 is 0 Å². The van der Waals surface area contributed by atoms with E-state index in [0.29, 0.717) is 0 Å². The third kappa shape index (κ3) is 0.812. The predicted octanol–water partition coefficient (Wildman–Crippen LogP) is 2.51. The number of nitrogens with two attached hydrogens (primary N) is 1. The van der Waals surface area contributed by atoms with Gasteiger partial charge in [0.1, 0.15) is 11.4 Å². The average molecular weight is 186 g/mol. The van der Waals surface area contributed by atoms with Crippen molar-refractivity contribution in [2.75, 3.05) is 5.73 Å². The van der Waals surface area contributed by atoms with Crippen LogP contribution in [-0.4, -0.2) is 4.57 Å². The summed E-state index contributed by atoms with van der Waals surface area (Å²) < 4.78 is 7.30. The number of benzene rings is 1. The number of hydrogen-bond acceptors (Lipinski definition) is 2. The molecule has 3 aromatic rings. The fraction of sp³-hybridized carbons (Fsp3) is 0.0909. The molecule has 0 aliphatic rings. The second-order valence-corrected chi connectivity index (χ2v) is 3.50. The quantitative estimate of drug-likeness (QED) is 0.586. The molecule has 2 aromatic heterocycles. The van der Waals surface area contributed by atoms with Crippen LogP contribution in [0, 0.1) is 0 Å². The summed E-state index contributed by atoms with van der Waals surface area (Å²) in [6, 6.07) is 8.01. The molecule has 0 saturated carbocycles. The van der Waals surface area contributed by atoms with Crippen LogP contribution in [0.15, 0.2) is 34.9 Å². The van der Waals surface area contributed by atoms with Crippen LogP contribution in [0.5, 0.6) is 0 Å². The number of aryl methyl sites for hydroxylation is 1. The van der Waals surface area contributed by atoms with Crippen LogP contribution < -0.4 is 5.73 Å². The van der Waals surface area contributed by atoms with E-state index in [2.05, 4.69) is 6.07 Å². The summed E-state index contributed by atoms with van der Waals surface area (Å²) in [5.74, 6) is 0.771. The first-order valence-corrected chi connectivity index (χ1v) is 4.48. The predicted molar refractivity (Wildman–Crippen MR) is 57.1 cm³/mol. The number of anilines is 1. The van der Waals surface area contributed by atoms with Crippen LogP contribution in [0.4, 0.5) is 5.82 Å². The zero-order valence-corrected chi connectivity index (χ0v) is 7.82. The number of rotatable bonds is 0. The topological polar surface area (TPSA) is 44.1 Å². The molecular formula is C11H10N2O. The second-order valence-electron chi connectivity index (χ2n) is 3.50. The lowest BCUT2D eigenvalue weighted by Gasteiger charge is -1.97. The lowest BCUT2D eigenvalue weighted by Crippen LogP contribution is -1.94. The molecule has 0 atom stereocenters. The van der Waals surface area contributed by atoms with E-state index < -0.39 is 0 Å². The Morgan fingerprint density at radius 1 is 1.21 bits per heavy atom. The van der Waals surface area contributed by atoms with E-state index in [1.165, 1.54) is 0 Å². The molecule has 0 amide bonds. The van der Waals surface area contributed by atoms with Gasteiger partial charge in [-0.2, -0.15) is 0 Å². The SMILES string of the molecule is Cn1c(N)cc2cc3occc3cc21. The largest absolute Gasteiger partial charge is 0.464 e. The third-order valence-electron chi connectivity index (χ3n) is 2.65. The van der Waals surface area contributed by atoms with E-state index in [1.54, 1.807) is 6.26 Å². The molecule has 0 spiro atoms. The van der Waals surface area contributed by atoms with Crippen LogP contribution in [0.25, 0.3) is 21.9 Å². The summed E-state index contributed by atoms with van der Waals surface area (Å²) in [4.78, 5) is 0. The van der Waals surface area contributed by atoms with Crippen molar-refractivity contribution in [3.8, 4) is 0 Å². The van der Waals surface area contributed by atoms with Gasteiger partial charge in [-0.1, -0.05) is 0 Å². The zero-order chi connectivity index (χ0) is 9.71. The highest BCUT2D eigenvalue weighted by atomic mass is 16.3. The van der Waals surface area contributed by atoms with Crippen molar-refractivity contribution >= 4 is 27.7 Å². The molecule has 0 unspecified atom stereocenters. The molecule has 0 aliphatic carbocycles. The zero-order valence-electron chi connectivity index (χ0n) is 7.82. The molecule has 1 aromatic carbocycles. The van der Waals surface area contributed by atoms with Gasteiger partial charge in [-0.05, 0) is 24.3 Å². The van der Waals surface area contributed by atoms with Crippen molar-refractivity contribution < 1.29 is 4.42 Å². The minimum atomic E-state index is 0.771. The van der Waals surface area contributed by atoms with Gasteiger partial charge < -0.3 is 14.7 Å². The van der Waals surface area contributed by atoms with E-state index in [4.69, 9.17) is 10.2 Å². The van der Waals surface area contributed by atoms with Crippen LogP contribution in [0.1, 0.15) is 0 Å². The molecule has 3 heteroatoms. The van der Waals surface area contributed by atoms with Crippen molar-refractivity contribution in [3.05, 3.63) is 30.5 Å². The van der Waals surface area contributed by atoms with Crippen LogP contribution >= 0.6 is 0 Å². The summed E-state index contributed by atoms with van der Waals surface area (Å²) in [6.07, 6.45) is 1.70. The maximum absolute atomic E-state index is 5.82. The van der Waals surface area contributed by atoms with Gasteiger partial charge in [0.25, 0.3) is 0 Å². The summed E-state index contributed by atoms with van der Waals surface area (Å²) in [5.41, 5.74) is 7.86. The van der Waals surface area contributed by atoms with Gasteiger partial charge in [-0.25, -0.2) is 0 Å². The van der Waals surface area contributed by atoms with E-state index in [9.17, 15) is 0 Å². The summed E-state index contributed by atoms with van der Waals surface area (Å²) in [6.45, 7) is 0. The number of hydrogen-bond donors (Lipinski definition) is 1. The molecule has 0 fully saturated rings. The summed E-state index contributed by atoms with van der Waals surface area (Å²) in [5, 5.41) is 2.23. The van der Waals surface area contributed by atoms with E-state index in [0.717, 1.165) is 27.7 Å². The molecule has 3 nitrogen and oxygen atoms in total. The Labute approximate surface area is 80.7 Å². The summed E-state index contributed by atoms with van der Waals surface area (Å²) in [7, 11) is 1.96. The first kappa shape index (κ1) is 7.50. The number of nitrogen functional groups attached to an aromatic ring is 1. The Bertz CT molecular complexity index is 619. The van der Waals surface area contributed by atoms with Gasteiger partial charge in [0.15, 0.2) is 0 Å². The van der Waals surface area contributed by atoms with Gasteiger partial charge in [-0.3, -0.25) is 0 Å². The maximum atomic E-state index is 5.82. The Morgan fingerprint density at radius 2 is 2.07 bits per heavy atom. The number of nitrogens with zero attached hydrogens (tertiary/aromatic N) is 1. The summed E-state index contributed by atoms with van der Waals surface area (Å²) >= 11 is 0. The molecule has 0 bridgehead atoms. The first-order chi connectivity index (χ1) is 6.75. The van der Waals surface area contributed by atoms with Crippen molar-refractivity contribution in [3.63, 3.8) is 0 Å². The van der Waals surface area contributed by atoms with Gasteiger partial charge in [0, 0.05) is 17.8 Å². The highest BCUT2D eigenvalue weighted by molar-refractivity contribution is 5.96. The second kappa shape index (κ2) is 2.32. The fourth-order valence-corrected chi connectivity index (χ4v) is 1.81. The highest BCUT2D eigenvalue weighted by Crippen LogP contribution is 2.26. The monoisotopic (exact) mass is 186 g/mol. The average Bonchev–Trinajstić information content (AvgIpc) is 2.70. The van der Waals surface area contributed by atoms with E-state index in [1.807, 2.05) is 29.8 Å². The molecule has 0 saturated heterocycles. The van der Waals surface area contributed by atoms with Crippen LogP contribution in [0.3, 0.4) is 0 Å². The van der Waals surface area contributed by atoms with Gasteiger partial charge in [0.2, 0.25) is 0 Å². The minimum Gasteiger partial charge on any atom is -0.464 e. The smallest absolute Gasteiger partial charge is 0.134 e. The normalized spacial score (nSPS) is 11.5. The molecular weight excluding hydrogens is 176 g/mol.